The topological polar surface area (TPSA) is 92.8 Å². The molecule has 3 rings (SSSR count). The normalized spacial score (nSPS) is 14.5. The van der Waals surface area contributed by atoms with Crippen LogP contribution in [-0.4, -0.2) is 44.3 Å². The van der Waals surface area contributed by atoms with Crippen molar-refractivity contribution in [2.45, 2.75) is 31.6 Å². The van der Waals surface area contributed by atoms with Crippen LogP contribution in [-0.2, 0) is 14.8 Å². The summed E-state index contributed by atoms with van der Waals surface area (Å²) >= 11 is 6.05. The molecular weight excluding hydrogens is 428 g/mol. The number of halogens is 1. The Bertz CT molecular complexity index is 1080. The highest BCUT2D eigenvalue weighted by molar-refractivity contribution is 7.89. The van der Waals surface area contributed by atoms with E-state index in [2.05, 4.69) is 5.32 Å². The van der Waals surface area contributed by atoms with Gasteiger partial charge in [-0.2, -0.15) is 4.31 Å². The molecule has 1 heterocycles. The second kappa shape index (κ2) is 9.16. The molecule has 1 aliphatic heterocycles. The van der Waals surface area contributed by atoms with E-state index in [4.69, 9.17) is 16.3 Å². The van der Waals surface area contributed by atoms with Gasteiger partial charge in [-0.3, -0.25) is 4.79 Å². The van der Waals surface area contributed by atoms with E-state index >= 15 is 0 Å². The van der Waals surface area contributed by atoms with E-state index < -0.39 is 21.9 Å². The van der Waals surface area contributed by atoms with E-state index in [9.17, 15) is 18.0 Å². The van der Waals surface area contributed by atoms with Gasteiger partial charge in [-0.15, -0.1) is 0 Å². The van der Waals surface area contributed by atoms with Gasteiger partial charge < -0.3 is 10.1 Å². The van der Waals surface area contributed by atoms with E-state index in [-0.39, 0.29) is 27.7 Å². The Hall–Kier alpha value is -2.42. The maximum absolute atomic E-state index is 12.9. The summed E-state index contributed by atoms with van der Waals surface area (Å²) in [6.07, 6.45) is 1.66. The van der Waals surface area contributed by atoms with Crippen molar-refractivity contribution in [2.24, 2.45) is 0 Å². The Morgan fingerprint density at radius 1 is 1.13 bits per heavy atom. The molecule has 7 nitrogen and oxygen atoms in total. The zero-order valence-corrected chi connectivity index (χ0v) is 18.3. The summed E-state index contributed by atoms with van der Waals surface area (Å²) in [5.74, 6) is -1.09. The van der Waals surface area contributed by atoms with Gasteiger partial charge in [0.2, 0.25) is 10.0 Å². The summed E-state index contributed by atoms with van der Waals surface area (Å²) in [6.45, 7) is 4.56. The maximum Gasteiger partial charge on any atom is 0.339 e. The summed E-state index contributed by atoms with van der Waals surface area (Å²) in [6, 6.07) is 9.04. The van der Waals surface area contributed by atoms with Crippen molar-refractivity contribution in [1.82, 2.24) is 4.31 Å². The van der Waals surface area contributed by atoms with Gasteiger partial charge in [-0.05, 0) is 62.6 Å². The molecule has 1 N–H and O–H groups in total. The Morgan fingerprint density at radius 2 is 1.83 bits per heavy atom. The zero-order valence-electron chi connectivity index (χ0n) is 16.8. The number of rotatable bonds is 6. The summed E-state index contributed by atoms with van der Waals surface area (Å²) < 4.78 is 32.3. The van der Waals surface area contributed by atoms with Crippen molar-refractivity contribution in [2.75, 3.05) is 25.0 Å². The molecule has 2 aromatic rings. The molecule has 1 saturated heterocycles. The third kappa shape index (κ3) is 4.66. The minimum Gasteiger partial charge on any atom is -0.462 e. The number of hydrogen-bond donors (Lipinski definition) is 1. The number of sulfonamides is 1. The summed E-state index contributed by atoms with van der Waals surface area (Å²) in [7, 11) is -3.65. The first-order chi connectivity index (χ1) is 14.2. The van der Waals surface area contributed by atoms with Crippen LogP contribution in [0.1, 0.15) is 46.0 Å². The fraction of sp³-hybridized carbons (Fsp3) is 0.333. The standard InChI is InChI=1S/C21H23ClN2O5S/c1-3-29-21(26)17-13-16(8-9-18(17)22)23-20(25)15-7-6-14(2)19(12-15)30(27,28)24-10-4-5-11-24/h6-9,12-13H,3-5,10-11H2,1-2H3,(H,23,25). The average molecular weight is 451 g/mol. The predicted octanol–water partition coefficient (Wildman–Crippen LogP) is 3.86. The van der Waals surface area contributed by atoms with E-state index in [0.717, 1.165) is 12.8 Å². The number of hydrogen-bond acceptors (Lipinski definition) is 5. The van der Waals surface area contributed by atoms with Crippen LogP contribution in [0.2, 0.25) is 5.02 Å². The molecule has 160 valence electrons. The lowest BCUT2D eigenvalue weighted by atomic mass is 10.1. The summed E-state index contributed by atoms with van der Waals surface area (Å²) in [4.78, 5) is 24.9. The van der Waals surface area contributed by atoms with Gasteiger partial charge in [-0.25, -0.2) is 13.2 Å². The largest absolute Gasteiger partial charge is 0.462 e. The van der Waals surface area contributed by atoms with Crippen LogP contribution in [0.5, 0.6) is 0 Å². The van der Waals surface area contributed by atoms with Gasteiger partial charge in [0.25, 0.3) is 5.91 Å². The summed E-state index contributed by atoms with van der Waals surface area (Å²) in [5, 5.41) is 2.89. The highest BCUT2D eigenvalue weighted by atomic mass is 35.5. The first kappa shape index (κ1) is 22.3. The molecule has 0 bridgehead atoms. The molecule has 30 heavy (non-hydrogen) atoms. The van der Waals surface area contributed by atoms with Crippen LogP contribution >= 0.6 is 11.6 Å². The van der Waals surface area contributed by atoms with Crippen molar-refractivity contribution in [3.8, 4) is 0 Å². The average Bonchev–Trinajstić information content (AvgIpc) is 3.25. The van der Waals surface area contributed by atoms with Crippen LogP contribution in [0.15, 0.2) is 41.3 Å². The molecule has 9 heteroatoms. The second-order valence-electron chi connectivity index (χ2n) is 6.96. The first-order valence-corrected chi connectivity index (χ1v) is 11.4. The number of aryl methyl sites for hydroxylation is 1. The lowest BCUT2D eigenvalue weighted by molar-refractivity contribution is 0.0526. The molecule has 0 saturated carbocycles. The van der Waals surface area contributed by atoms with E-state index in [0.29, 0.717) is 24.3 Å². The molecule has 0 spiro atoms. The molecular formula is C21H23ClN2O5S. The number of nitrogens with zero attached hydrogens (tertiary/aromatic N) is 1. The van der Waals surface area contributed by atoms with Crippen LogP contribution < -0.4 is 5.32 Å². The SMILES string of the molecule is CCOC(=O)c1cc(NC(=O)c2ccc(C)c(S(=O)(=O)N3CCCC3)c2)ccc1Cl. The van der Waals surface area contributed by atoms with Crippen LogP contribution in [0.3, 0.4) is 0 Å². The van der Waals surface area contributed by atoms with Gasteiger partial charge in [0.05, 0.1) is 22.1 Å². The number of benzene rings is 2. The van der Waals surface area contributed by atoms with Crippen molar-refractivity contribution in [3.05, 3.63) is 58.1 Å². The van der Waals surface area contributed by atoms with Crippen molar-refractivity contribution >= 4 is 39.2 Å². The van der Waals surface area contributed by atoms with Crippen molar-refractivity contribution in [1.29, 1.82) is 0 Å². The number of amides is 1. The molecule has 0 unspecified atom stereocenters. The molecule has 1 fully saturated rings. The molecule has 1 amide bonds. The monoisotopic (exact) mass is 450 g/mol. The van der Waals surface area contributed by atoms with Crippen LogP contribution in [0.25, 0.3) is 0 Å². The molecule has 0 aromatic heterocycles. The van der Waals surface area contributed by atoms with Crippen LogP contribution in [0.4, 0.5) is 5.69 Å². The number of anilines is 1. The molecule has 0 radical (unpaired) electrons. The quantitative estimate of drug-likeness (QED) is 0.674. The van der Waals surface area contributed by atoms with Gasteiger partial charge in [0.15, 0.2) is 0 Å². The highest BCUT2D eigenvalue weighted by Crippen LogP contribution is 2.26. The van der Waals surface area contributed by atoms with Crippen LogP contribution in [0, 0.1) is 6.92 Å². The third-order valence-electron chi connectivity index (χ3n) is 4.85. The Kier molecular flexibility index (Phi) is 6.80. The number of carbonyl (C=O) groups excluding carboxylic acids is 2. The van der Waals surface area contributed by atoms with Gasteiger partial charge in [0, 0.05) is 24.3 Å². The summed E-state index contributed by atoms with van der Waals surface area (Å²) in [5.41, 5.74) is 1.26. The second-order valence-corrected chi connectivity index (χ2v) is 9.27. The Morgan fingerprint density at radius 3 is 2.50 bits per heavy atom. The zero-order chi connectivity index (χ0) is 21.9. The minimum atomic E-state index is -3.65. The van der Waals surface area contributed by atoms with E-state index in [1.807, 2.05) is 0 Å². The number of carbonyl (C=O) groups is 2. The number of ether oxygens (including phenoxy) is 1. The smallest absolute Gasteiger partial charge is 0.339 e. The van der Waals surface area contributed by atoms with Crippen molar-refractivity contribution in [3.63, 3.8) is 0 Å². The molecule has 2 aromatic carbocycles. The lowest BCUT2D eigenvalue weighted by Crippen LogP contribution is -2.28. The third-order valence-corrected chi connectivity index (χ3v) is 7.22. The van der Waals surface area contributed by atoms with Gasteiger partial charge >= 0.3 is 5.97 Å². The Labute approximate surface area is 181 Å². The number of esters is 1. The molecule has 0 aliphatic carbocycles. The van der Waals surface area contributed by atoms with E-state index in [1.54, 1.807) is 32.0 Å². The van der Waals surface area contributed by atoms with Gasteiger partial charge in [-0.1, -0.05) is 17.7 Å². The predicted molar refractivity (Wildman–Crippen MR) is 115 cm³/mol. The fourth-order valence-corrected chi connectivity index (χ4v) is 5.22. The van der Waals surface area contributed by atoms with E-state index in [1.165, 1.54) is 22.5 Å². The highest BCUT2D eigenvalue weighted by Gasteiger charge is 2.29. The number of nitrogens with one attached hydrogen (secondary N) is 1. The Balaban J connectivity index is 1.86. The molecule has 1 aliphatic rings. The van der Waals surface area contributed by atoms with Crippen molar-refractivity contribution < 1.29 is 22.7 Å². The lowest BCUT2D eigenvalue weighted by Gasteiger charge is -2.18. The fourth-order valence-electron chi connectivity index (χ4n) is 3.26. The minimum absolute atomic E-state index is 0.125. The maximum atomic E-state index is 12.9. The van der Waals surface area contributed by atoms with Gasteiger partial charge in [0.1, 0.15) is 0 Å². The first-order valence-electron chi connectivity index (χ1n) is 9.63. The molecule has 0 atom stereocenters.